The number of aryl methyl sites for hydroxylation is 1. The molecule has 1 amide bonds. The van der Waals surface area contributed by atoms with Crippen molar-refractivity contribution in [3.8, 4) is 0 Å². The van der Waals surface area contributed by atoms with Gasteiger partial charge in [-0.1, -0.05) is 30.3 Å². The number of pyridine rings is 1. The van der Waals surface area contributed by atoms with Gasteiger partial charge >= 0.3 is 5.97 Å². The Balaban J connectivity index is 1.69. The first-order chi connectivity index (χ1) is 13.6. The Bertz CT molecular complexity index is 1000. The van der Waals surface area contributed by atoms with Crippen molar-refractivity contribution in [1.29, 1.82) is 0 Å². The molecule has 2 N–H and O–H groups in total. The molecule has 0 atom stereocenters. The minimum atomic E-state index is -0.408. The standard InChI is InChI=1S/C22H21N3O3/c1-15-6-3-4-7-17(15)14-24-21(26)20-13-19(10-11-23-20)25-18-9-5-8-16(12-18)22(27)28-2/h3-13H,14H2,1-2H3,(H,23,25)(H,24,26). The summed E-state index contributed by atoms with van der Waals surface area (Å²) < 4.78 is 4.73. The largest absolute Gasteiger partial charge is 0.465 e. The number of nitrogens with one attached hydrogen (secondary N) is 2. The van der Waals surface area contributed by atoms with Crippen LogP contribution in [-0.2, 0) is 11.3 Å². The summed E-state index contributed by atoms with van der Waals surface area (Å²) in [5, 5.41) is 6.06. The van der Waals surface area contributed by atoms with Crippen molar-refractivity contribution in [2.24, 2.45) is 0 Å². The molecule has 0 aliphatic heterocycles. The molecule has 0 spiro atoms. The summed E-state index contributed by atoms with van der Waals surface area (Å²) in [6.07, 6.45) is 1.56. The van der Waals surface area contributed by atoms with Crippen LogP contribution in [0.1, 0.15) is 32.0 Å². The Hall–Kier alpha value is -3.67. The third kappa shape index (κ3) is 4.73. The molecule has 0 unspecified atom stereocenters. The Morgan fingerprint density at radius 1 is 1.00 bits per heavy atom. The summed E-state index contributed by atoms with van der Waals surface area (Å²) in [4.78, 5) is 28.3. The summed E-state index contributed by atoms with van der Waals surface area (Å²) >= 11 is 0. The highest BCUT2D eigenvalue weighted by molar-refractivity contribution is 5.93. The molecule has 3 aromatic rings. The monoisotopic (exact) mass is 375 g/mol. The number of esters is 1. The van der Waals surface area contributed by atoms with Crippen molar-refractivity contribution in [1.82, 2.24) is 10.3 Å². The lowest BCUT2D eigenvalue weighted by Gasteiger charge is -2.10. The number of amides is 1. The SMILES string of the molecule is COC(=O)c1cccc(Nc2ccnc(C(=O)NCc3ccccc3C)c2)c1. The third-order valence-electron chi connectivity index (χ3n) is 4.27. The molecule has 0 bridgehead atoms. The fourth-order valence-electron chi connectivity index (χ4n) is 2.72. The van der Waals surface area contributed by atoms with Crippen LogP contribution in [0.3, 0.4) is 0 Å². The number of nitrogens with zero attached hydrogens (tertiary/aromatic N) is 1. The minimum absolute atomic E-state index is 0.254. The molecule has 0 aliphatic carbocycles. The molecule has 0 saturated heterocycles. The number of hydrogen-bond donors (Lipinski definition) is 2. The summed E-state index contributed by atoms with van der Waals surface area (Å²) in [7, 11) is 1.34. The van der Waals surface area contributed by atoms with E-state index in [1.807, 2.05) is 37.3 Å². The van der Waals surface area contributed by atoms with Gasteiger partial charge in [0.2, 0.25) is 0 Å². The molecule has 6 nitrogen and oxygen atoms in total. The van der Waals surface area contributed by atoms with E-state index in [-0.39, 0.29) is 5.91 Å². The van der Waals surface area contributed by atoms with Gasteiger partial charge in [-0.25, -0.2) is 4.79 Å². The van der Waals surface area contributed by atoms with Gasteiger partial charge in [0.1, 0.15) is 5.69 Å². The quantitative estimate of drug-likeness (QED) is 0.640. The molecule has 6 heteroatoms. The first kappa shape index (κ1) is 19.1. The minimum Gasteiger partial charge on any atom is -0.465 e. The van der Waals surface area contributed by atoms with Crippen molar-refractivity contribution in [2.75, 3.05) is 12.4 Å². The number of rotatable bonds is 6. The Labute approximate surface area is 163 Å². The van der Waals surface area contributed by atoms with Crippen LogP contribution in [0.2, 0.25) is 0 Å². The zero-order chi connectivity index (χ0) is 19.9. The number of benzene rings is 2. The highest BCUT2D eigenvalue weighted by Gasteiger charge is 2.10. The number of carbonyl (C=O) groups is 2. The molecule has 2 aromatic carbocycles. The summed E-state index contributed by atoms with van der Waals surface area (Å²) in [5.41, 5.74) is 4.33. The Morgan fingerprint density at radius 2 is 1.79 bits per heavy atom. The van der Waals surface area contributed by atoms with Gasteiger partial charge in [-0.2, -0.15) is 0 Å². The lowest BCUT2D eigenvalue weighted by atomic mass is 10.1. The van der Waals surface area contributed by atoms with Crippen molar-refractivity contribution < 1.29 is 14.3 Å². The smallest absolute Gasteiger partial charge is 0.337 e. The first-order valence-corrected chi connectivity index (χ1v) is 8.81. The van der Waals surface area contributed by atoms with Crippen LogP contribution in [0.25, 0.3) is 0 Å². The van der Waals surface area contributed by atoms with E-state index in [1.165, 1.54) is 7.11 Å². The first-order valence-electron chi connectivity index (χ1n) is 8.81. The molecule has 0 saturated carbocycles. The van der Waals surface area contributed by atoms with E-state index in [9.17, 15) is 9.59 Å². The van der Waals surface area contributed by atoms with Crippen LogP contribution in [0.15, 0.2) is 66.9 Å². The normalized spacial score (nSPS) is 10.2. The summed E-state index contributed by atoms with van der Waals surface area (Å²) in [6, 6.07) is 18.3. The second-order valence-corrected chi connectivity index (χ2v) is 6.24. The van der Waals surface area contributed by atoms with Gasteiger partial charge in [-0.3, -0.25) is 9.78 Å². The molecule has 0 radical (unpaired) electrons. The topological polar surface area (TPSA) is 80.3 Å². The number of methoxy groups -OCH3 is 1. The predicted molar refractivity (Wildman–Crippen MR) is 108 cm³/mol. The molecular weight excluding hydrogens is 354 g/mol. The van der Waals surface area contributed by atoms with Gasteiger partial charge in [-0.05, 0) is 48.4 Å². The van der Waals surface area contributed by atoms with Crippen molar-refractivity contribution >= 4 is 23.3 Å². The van der Waals surface area contributed by atoms with Crippen LogP contribution >= 0.6 is 0 Å². The number of carbonyl (C=O) groups excluding carboxylic acids is 2. The highest BCUT2D eigenvalue weighted by Crippen LogP contribution is 2.18. The van der Waals surface area contributed by atoms with E-state index in [4.69, 9.17) is 4.74 Å². The van der Waals surface area contributed by atoms with Gasteiger partial charge in [0, 0.05) is 24.1 Å². The lowest BCUT2D eigenvalue weighted by molar-refractivity contribution is 0.0600. The Kier molecular flexibility index (Phi) is 6.01. The average molecular weight is 375 g/mol. The maximum atomic E-state index is 12.5. The second-order valence-electron chi connectivity index (χ2n) is 6.24. The molecule has 28 heavy (non-hydrogen) atoms. The van der Waals surface area contributed by atoms with Crippen molar-refractivity contribution in [2.45, 2.75) is 13.5 Å². The van der Waals surface area contributed by atoms with E-state index in [1.54, 1.807) is 36.5 Å². The van der Waals surface area contributed by atoms with Crippen LogP contribution in [-0.4, -0.2) is 24.0 Å². The molecule has 1 aromatic heterocycles. The van der Waals surface area contributed by atoms with E-state index in [0.717, 1.165) is 11.1 Å². The number of aromatic nitrogens is 1. The molecule has 3 rings (SSSR count). The Morgan fingerprint density at radius 3 is 2.57 bits per heavy atom. The molecular formula is C22H21N3O3. The maximum Gasteiger partial charge on any atom is 0.337 e. The molecule has 1 heterocycles. The number of hydrogen-bond acceptors (Lipinski definition) is 5. The van der Waals surface area contributed by atoms with Gasteiger partial charge in [0.15, 0.2) is 0 Å². The third-order valence-corrected chi connectivity index (χ3v) is 4.27. The van der Waals surface area contributed by atoms with Crippen LogP contribution < -0.4 is 10.6 Å². The van der Waals surface area contributed by atoms with Crippen LogP contribution in [0.4, 0.5) is 11.4 Å². The lowest BCUT2D eigenvalue weighted by Crippen LogP contribution is -2.24. The fraction of sp³-hybridized carbons (Fsp3) is 0.136. The van der Waals surface area contributed by atoms with Crippen LogP contribution in [0, 0.1) is 6.92 Å². The maximum absolute atomic E-state index is 12.5. The summed E-state index contributed by atoms with van der Waals surface area (Å²) in [5.74, 6) is -0.662. The summed E-state index contributed by atoms with van der Waals surface area (Å²) in [6.45, 7) is 2.44. The number of ether oxygens (including phenoxy) is 1. The van der Waals surface area contributed by atoms with Crippen LogP contribution in [0.5, 0.6) is 0 Å². The average Bonchev–Trinajstić information content (AvgIpc) is 2.72. The van der Waals surface area contributed by atoms with Gasteiger partial charge < -0.3 is 15.4 Å². The van der Waals surface area contributed by atoms with E-state index in [2.05, 4.69) is 15.6 Å². The van der Waals surface area contributed by atoms with Crippen molar-refractivity contribution in [3.05, 3.63) is 89.2 Å². The molecule has 0 aliphatic rings. The van der Waals surface area contributed by atoms with E-state index >= 15 is 0 Å². The van der Waals surface area contributed by atoms with Gasteiger partial charge in [0.05, 0.1) is 12.7 Å². The molecule has 142 valence electrons. The molecule has 0 fully saturated rings. The zero-order valence-corrected chi connectivity index (χ0v) is 15.7. The van der Waals surface area contributed by atoms with Gasteiger partial charge in [0.25, 0.3) is 5.91 Å². The van der Waals surface area contributed by atoms with Crippen molar-refractivity contribution in [3.63, 3.8) is 0 Å². The number of anilines is 2. The fourth-order valence-corrected chi connectivity index (χ4v) is 2.72. The van der Waals surface area contributed by atoms with E-state index < -0.39 is 5.97 Å². The van der Waals surface area contributed by atoms with E-state index in [0.29, 0.717) is 29.2 Å². The van der Waals surface area contributed by atoms with Gasteiger partial charge in [-0.15, -0.1) is 0 Å². The second kappa shape index (κ2) is 8.81. The predicted octanol–water partition coefficient (Wildman–Crippen LogP) is 3.85. The zero-order valence-electron chi connectivity index (χ0n) is 15.7. The highest BCUT2D eigenvalue weighted by atomic mass is 16.5.